The Morgan fingerprint density at radius 1 is 1.09 bits per heavy atom. The van der Waals surface area contributed by atoms with Crippen LogP contribution in [-0.2, 0) is 12.0 Å². The fraction of sp³-hybridized carbons (Fsp3) is 0.350. The number of amides is 2. The monoisotopic (exact) mass is 308 g/mol. The Bertz CT molecular complexity index is 690. The lowest BCUT2D eigenvalue weighted by atomic mass is 9.72. The minimum absolute atomic E-state index is 0.113. The molecule has 1 fully saturated rings. The van der Waals surface area contributed by atoms with Gasteiger partial charge in [-0.05, 0) is 49.3 Å². The maximum Gasteiger partial charge on any atom is 0.319 e. The average Bonchev–Trinajstić information content (AvgIpc) is 2.53. The van der Waals surface area contributed by atoms with Gasteiger partial charge in [0, 0.05) is 5.69 Å². The highest BCUT2D eigenvalue weighted by Crippen LogP contribution is 2.41. The van der Waals surface area contributed by atoms with Crippen molar-refractivity contribution >= 4 is 11.7 Å². The summed E-state index contributed by atoms with van der Waals surface area (Å²) < 4.78 is 0. The molecular weight excluding hydrogens is 284 g/mol. The molecule has 0 bridgehead atoms. The smallest absolute Gasteiger partial charge is 0.319 e. The highest BCUT2D eigenvalue weighted by molar-refractivity contribution is 5.91. The molecule has 0 atom stereocenters. The topological polar surface area (TPSA) is 41.1 Å². The first-order chi connectivity index (χ1) is 11.1. The lowest BCUT2D eigenvalue weighted by Gasteiger charge is -2.43. The fourth-order valence-corrected chi connectivity index (χ4v) is 3.34. The molecule has 0 aromatic heterocycles. The van der Waals surface area contributed by atoms with E-state index in [2.05, 4.69) is 35.8 Å². The number of anilines is 1. The van der Waals surface area contributed by atoms with Crippen LogP contribution in [0.3, 0.4) is 0 Å². The number of hydrogen-bond donors (Lipinski definition) is 2. The molecule has 3 rings (SSSR count). The molecule has 1 saturated carbocycles. The number of benzene rings is 2. The first-order valence-corrected chi connectivity index (χ1v) is 8.38. The summed E-state index contributed by atoms with van der Waals surface area (Å²) in [6.45, 7) is 4.14. The Kier molecular flexibility index (Phi) is 4.37. The van der Waals surface area contributed by atoms with Crippen molar-refractivity contribution in [1.29, 1.82) is 0 Å². The summed E-state index contributed by atoms with van der Waals surface area (Å²) in [6, 6.07) is 16.3. The third-order valence-electron chi connectivity index (χ3n) is 4.86. The van der Waals surface area contributed by atoms with Crippen molar-refractivity contribution in [3.63, 3.8) is 0 Å². The number of urea groups is 1. The van der Waals surface area contributed by atoms with E-state index in [1.807, 2.05) is 37.3 Å². The Balaban J connectivity index is 1.77. The zero-order valence-electron chi connectivity index (χ0n) is 13.9. The van der Waals surface area contributed by atoms with Crippen LogP contribution >= 0.6 is 0 Å². The molecule has 0 unspecified atom stereocenters. The van der Waals surface area contributed by atoms with E-state index in [1.54, 1.807) is 0 Å². The highest BCUT2D eigenvalue weighted by Gasteiger charge is 2.40. The number of carbonyl (C=O) groups is 1. The van der Waals surface area contributed by atoms with Gasteiger partial charge in [-0.2, -0.15) is 0 Å². The lowest BCUT2D eigenvalue weighted by Crippen LogP contribution is -2.52. The van der Waals surface area contributed by atoms with Crippen LogP contribution in [0.5, 0.6) is 0 Å². The van der Waals surface area contributed by atoms with Crippen molar-refractivity contribution in [1.82, 2.24) is 5.32 Å². The quantitative estimate of drug-likeness (QED) is 0.840. The molecule has 1 aliphatic carbocycles. The summed E-state index contributed by atoms with van der Waals surface area (Å²) in [5, 5.41) is 6.30. The number of rotatable bonds is 4. The third-order valence-corrected chi connectivity index (χ3v) is 4.86. The number of hydrogen-bond acceptors (Lipinski definition) is 1. The molecular formula is C20H24N2O. The van der Waals surface area contributed by atoms with Crippen LogP contribution in [0.25, 0.3) is 0 Å². The van der Waals surface area contributed by atoms with Gasteiger partial charge in [-0.15, -0.1) is 0 Å². The van der Waals surface area contributed by atoms with Crippen molar-refractivity contribution in [2.24, 2.45) is 0 Å². The summed E-state index contributed by atoms with van der Waals surface area (Å²) >= 11 is 0. The van der Waals surface area contributed by atoms with Gasteiger partial charge in [0.1, 0.15) is 0 Å². The predicted molar refractivity (Wildman–Crippen MR) is 94.7 cm³/mol. The average molecular weight is 308 g/mol. The van der Waals surface area contributed by atoms with Crippen molar-refractivity contribution in [3.8, 4) is 0 Å². The third kappa shape index (κ3) is 3.09. The Morgan fingerprint density at radius 3 is 2.43 bits per heavy atom. The van der Waals surface area contributed by atoms with Crippen LogP contribution < -0.4 is 10.6 Å². The molecule has 0 heterocycles. The van der Waals surface area contributed by atoms with Crippen molar-refractivity contribution < 1.29 is 4.79 Å². The first kappa shape index (κ1) is 15.6. The van der Waals surface area contributed by atoms with Gasteiger partial charge in [0.25, 0.3) is 0 Å². The van der Waals surface area contributed by atoms with Gasteiger partial charge in [-0.25, -0.2) is 4.79 Å². The Morgan fingerprint density at radius 2 is 1.83 bits per heavy atom. The molecule has 3 heteroatoms. The maximum absolute atomic E-state index is 12.6. The largest absolute Gasteiger partial charge is 0.328 e. The van der Waals surface area contributed by atoms with Crippen LogP contribution in [-0.4, -0.2) is 6.03 Å². The Hall–Kier alpha value is -2.29. The van der Waals surface area contributed by atoms with Gasteiger partial charge < -0.3 is 10.6 Å². The number of para-hydroxylation sites is 1. The van der Waals surface area contributed by atoms with Gasteiger partial charge in [0.2, 0.25) is 0 Å². The molecule has 2 aromatic carbocycles. The van der Waals surface area contributed by atoms with E-state index in [1.165, 1.54) is 11.1 Å². The second-order valence-electron chi connectivity index (χ2n) is 6.34. The van der Waals surface area contributed by atoms with Crippen LogP contribution in [0.4, 0.5) is 10.5 Å². The molecule has 3 nitrogen and oxygen atoms in total. The summed E-state index contributed by atoms with van der Waals surface area (Å²) in [5.41, 5.74) is 4.20. The molecule has 120 valence electrons. The summed E-state index contributed by atoms with van der Waals surface area (Å²) in [5.74, 6) is 0. The van der Waals surface area contributed by atoms with E-state index in [-0.39, 0.29) is 11.6 Å². The highest BCUT2D eigenvalue weighted by atomic mass is 16.2. The summed E-state index contributed by atoms with van der Waals surface area (Å²) in [4.78, 5) is 12.6. The van der Waals surface area contributed by atoms with Gasteiger partial charge in [-0.1, -0.05) is 55.5 Å². The van der Waals surface area contributed by atoms with Crippen molar-refractivity contribution in [2.75, 3.05) is 5.32 Å². The van der Waals surface area contributed by atoms with Crippen molar-refractivity contribution in [2.45, 2.75) is 45.1 Å². The van der Waals surface area contributed by atoms with Gasteiger partial charge in [-0.3, -0.25) is 0 Å². The van der Waals surface area contributed by atoms with Crippen LogP contribution in [0.2, 0.25) is 0 Å². The second kappa shape index (κ2) is 6.45. The normalized spacial score (nSPS) is 15.6. The van der Waals surface area contributed by atoms with E-state index in [9.17, 15) is 4.79 Å². The van der Waals surface area contributed by atoms with Gasteiger partial charge in [0.15, 0.2) is 0 Å². The minimum atomic E-state index is -0.208. The molecule has 2 amide bonds. The van der Waals surface area contributed by atoms with Crippen LogP contribution in [0.1, 0.15) is 42.9 Å². The maximum atomic E-state index is 12.6. The molecule has 0 aliphatic heterocycles. The van der Waals surface area contributed by atoms with Gasteiger partial charge in [0.05, 0.1) is 5.54 Å². The van der Waals surface area contributed by atoms with E-state index >= 15 is 0 Å². The zero-order chi connectivity index (χ0) is 16.3. The number of carbonyl (C=O) groups excluding carboxylic acids is 1. The summed E-state index contributed by atoms with van der Waals surface area (Å²) in [6.07, 6.45) is 4.05. The molecule has 23 heavy (non-hydrogen) atoms. The predicted octanol–water partition coefficient (Wildman–Crippen LogP) is 4.76. The molecule has 0 radical (unpaired) electrons. The van der Waals surface area contributed by atoms with E-state index in [0.29, 0.717) is 0 Å². The van der Waals surface area contributed by atoms with E-state index in [0.717, 1.165) is 36.9 Å². The van der Waals surface area contributed by atoms with Crippen LogP contribution in [0, 0.1) is 6.92 Å². The molecule has 0 spiro atoms. The van der Waals surface area contributed by atoms with E-state index < -0.39 is 0 Å². The van der Waals surface area contributed by atoms with Crippen molar-refractivity contribution in [3.05, 3.63) is 65.2 Å². The lowest BCUT2D eigenvalue weighted by molar-refractivity contribution is 0.185. The molecule has 0 saturated heterocycles. The standard InChI is InChI=1S/C20H24N2O/c1-3-16-10-7-9-15(2)18(16)21-19(23)22-20(13-8-14-20)17-11-5-4-6-12-17/h4-7,9-12H,3,8,13-14H2,1-2H3,(H2,21,22,23). The molecule has 2 N–H and O–H groups in total. The summed E-state index contributed by atoms with van der Waals surface area (Å²) in [7, 11) is 0. The molecule has 2 aromatic rings. The number of nitrogens with one attached hydrogen (secondary N) is 2. The zero-order valence-corrected chi connectivity index (χ0v) is 13.9. The van der Waals surface area contributed by atoms with Crippen LogP contribution in [0.15, 0.2) is 48.5 Å². The first-order valence-electron chi connectivity index (χ1n) is 8.38. The fourth-order valence-electron chi connectivity index (χ4n) is 3.34. The second-order valence-corrected chi connectivity index (χ2v) is 6.34. The Labute approximate surface area is 138 Å². The van der Waals surface area contributed by atoms with E-state index in [4.69, 9.17) is 0 Å². The SMILES string of the molecule is CCc1cccc(C)c1NC(=O)NC1(c2ccccc2)CCC1. The number of aryl methyl sites for hydroxylation is 2. The minimum Gasteiger partial charge on any atom is -0.328 e. The van der Waals surface area contributed by atoms with Gasteiger partial charge >= 0.3 is 6.03 Å². The molecule has 1 aliphatic rings.